The van der Waals surface area contributed by atoms with Crippen molar-refractivity contribution < 1.29 is 58.0 Å². The molecule has 0 bridgehead atoms. The van der Waals surface area contributed by atoms with E-state index >= 15 is 0 Å². The minimum Gasteiger partial charge on any atom is -0.481 e. The highest BCUT2D eigenvalue weighted by Crippen LogP contribution is 2.31. The van der Waals surface area contributed by atoms with Crippen LogP contribution in [-0.4, -0.2) is 151 Å². The molecule has 1 aliphatic heterocycles. The Morgan fingerprint density at radius 3 is 2.33 bits per heavy atom. The predicted molar refractivity (Wildman–Crippen MR) is 226 cm³/mol. The summed E-state index contributed by atoms with van der Waals surface area (Å²) in [4.78, 5) is 97.7. The summed E-state index contributed by atoms with van der Waals surface area (Å²) < 4.78 is 16.2. The van der Waals surface area contributed by atoms with Crippen molar-refractivity contribution in [3.63, 3.8) is 0 Å². The zero-order chi connectivity index (χ0) is 44.9. The molecule has 0 aliphatic carbocycles. The number of rotatable bonds is 28. The van der Waals surface area contributed by atoms with Gasteiger partial charge in [-0.25, -0.2) is 9.78 Å². The Balaban J connectivity index is 1.64. The van der Waals surface area contributed by atoms with E-state index in [0.29, 0.717) is 57.8 Å². The first-order valence-electron chi connectivity index (χ1n) is 19.4. The summed E-state index contributed by atoms with van der Waals surface area (Å²) in [7, 11) is 1.54. The second-order valence-electron chi connectivity index (χ2n) is 13.7. The van der Waals surface area contributed by atoms with Gasteiger partial charge < -0.3 is 62.1 Å². The summed E-state index contributed by atoms with van der Waals surface area (Å²) >= 11 is 2.57. The molecule has 0 unspecified atom stereocenters. The van der Waals surface area contributed by atoms with Crippen LogP contribution in [0, 0.1) is 11.3 Å². The number of amides is 5. The van der Waals surface area contributed by atoms with Gasteiger partial charge in [0.25, 0.3) is 0 Å². The highest BCUT2D eigenvalue weighted by atomic mass is 32.2. The summed E-state index contributed by atoms with van der Waals surface area (Å²) in [6, 6.07) is 0.480. The number of carboxylic acid groups (broad SMARTS) is 2. The highest BCUT2D eigenvalue weighted by Gasteiger charge is 2.31. The maximum absolute atomic E-state index is 13.5. The number of thiazole rings is 1. The number of aliphatic imine (C=N–C) groups is 1. The first-order valence-corrected chi connectivity index (χ1v) is 21.2. The van der Waals surface area contributed by atoms with Crippen LogP contribution >= 0.6 is 23.1 Å². The zero-order valence-corrected chi connectivity index (χ0v) is 35.7. The standard InChI is InChI=1S/C37H54N10O12S2/c1-4-20(2)30(47-28(49)18-59-15-14-58-13-12-57-3)33(54)44-24(9-10-29(50)51)31(52)41-17-27(48)43-23(6-5-11-40-37(38)39)32(53)42-21-7-8-22-26(16-21)61-35(45-22)34-46-25(19-60-34)36(55)56/h7-8,16,20,23-25,30H,4-6,9-15,17-19H2,1-3H3,(H,41,52)(H,42,53)(H,43,48)(H,44,54)(H,47,49)(H,50,51)(H,55,56)(H4,38,39,40)/t20-,23-,24-,25+,30-/m0/s1. The Morgan fingerprint density at radius 2 is 1.66 bits per heavy atom. The maximum Gasteiger partial charge on any atom is 0.329 e. The Hall–Kier alpha value is -5.43. The van der Waals surface area contributed by atoms with Crippen molar-refractivity contribution in [1.29, 1.82) is 5.41 Å². The van der Waals surface area contributed by atoms with Gasteiger partial charge in [-0.05, 0) is 43.4 Å². The molecule has 0 radical (unpaired) electrons. The van der Waals surface area contributed by atoms with Crippen LogP contribution in [-0.2, 0) is 47.8 Å². The lowest BCUT2D eigenvalue weighted by Crippen LogP contribution is -2.57. The van der Waals surface area contributed by atoms with E-state index in [1.165, 1.54) is 30.2 Å². The fourth-order valence-corrected chi connectivity index (χ4v) is 7.62. The summed E-state index contributed by atoms with van der Waals surface area (Å²) in [6.07, 6.45) is 0.0107. The molecule has 22 nitrogen and oxygen atoms in total. The van der Waals surface area contributed by atoms with E-state index in [0.717, 1.165) is 0 Å². The van der Waals surface area contributed by atoms with E-state index in [1.54, 1.807) is 32.0 Å². The summed E-state index contributed by atoms with van der Waals surface area (Å²) in [5.74, 6) is -6.23. The smallest absolute Gasteiger partial charge is 0.329 e. The molecule has 11 N–H and O–H groups in total. The van der Waals surface area contributed by atoms with Crippen LogP contribution in [0.25, 0.3) is 10.2 Å². The number of nitrogens with one attached hydrogen (secondary N) is 7. The molecule has 3 rings (SSSR count). The molecular formula is C37H54N10O12S2. The van der Waals surface area contributed by atoms with Crippen LogP contribution in [0.3, 0.4) is 0 Å². The van der Waals surface area contributed by atoms with Gasteiger partial charge in [0.1, 0.15) is 34.8 Å². The van der Waals surface area contributed by atoms with Gasteiger partial charge in [-0.1, -0.05) is 20.3 Å². The maximum atomic E-state index is 13.5. The van der Waals surface area contributed by atoms with Crippen molar-refractivity contribution in [2.75, 3.05) is 64.3 Å². The number of fused-ring (bicyclic) bond motifs is 1. The molecule has 5 amide bonds. The van der Waals surface area contributed by atoms with E-state index in [-0.39, 0.29) is 45.2 Å². The van der Waals surface area contributed by atoms with Gasteiger partial charge in [-0.3, -0.25) is 39.2 Å². The van der Waals surface area contributed by atoms with Gasteiger partial charge in [0, 0.05) is 31.5 Å². The van der Waals surface area contributed by atoms with E-state index in [9.17, 15) is 43.8 Å². The summed E-state index contributed by atoms with van der Waals surface area (Å²) in [5, 5.41) is 42.6. The minimum absolute atomic E-state index is 0.0910. The first-order chi connectivity index (χ1) is 29.1. The normalized spacial score (nSPS) is 15.4. The third kappa shape index (κ3) is 17.6. The highest BCUT2D eigenvalue weighted by molar-refractivity contribution is 8.15. The summed E-state index contributed by atoms with van der Waals surface area (Å²) in [6.45, 7) is 3.81. The predicted octanol–water partition coefficient (Wildman–Crippen LogP) is -0.394. The van der Waals surface area contributed by atoms with E-state index < -0.39 is 84.5 Å². The first kappa shape index (κ1) is 49.9. The van der Waals surface area contributed by atoms with E-state index in [1.807, 2.05) is 0 Å². The molecule has 61 heavy (non-hydrogen) atoms. The second kappa shape index (κ2) is 26.0. The molecule has 0 saturated heterocycles. The number of hydrogen-bond acceptors (Lipinski definition) is 15. The number of guanidine groups is 1. The molecule has 2 aromatic rings. The number of nitrogens with two attached hydrogens (primary N) is 1. The van der Waals surface area contributed by atoms with Crippen LogP contribution in [0.15, 0.2) is 23.2 Å². The number of carbonyl (C=O) groups is 7. The minimum atomic E-state index is -1.41. The van der Waals surface area contributed by atoms with Crippen LogP contribution in [0.4, 0.5) is 5.69 Å². The quantitative estimate of drug-likeness (QED) is 0.0295. The number of hydrogen-bond donors (Lipinski definition) is 10. The van der Waals surface area contributed by atoms with E-state index in [4.69, 9.17) is 25.4 Å². The molecule has 5 atom stereocenters. The average molecular weight is 895 g/mol. The van der Waals surface area contributed by atoms with Crippen molar-refractivity contribution >= 4 is 91.5 Å². The molecule has 0 saturated carbocycles. The number of methoxy groups -OCH3 is 1. The fourth-order valence-electron chi connectivity index (χ4n) is 5.52. The number of anilines is 1. The molecule has 336 valence electrons. The lowest BCUT2D eigenvalue weighted by Gasteiger charge is -2.26. The fraction of sp³-hybridized carbons (Fsp3) is 0.568. The van der Waals surface area contributed by atoms with Crippen LogP contribution in [0.2, 0.25) is 0 Å². The number of nitrogens with zero attached hydrogens (tertiary/aromatic N) is 2. The average Bonchev–Trinajstić information content (AvgIpc) is 3.89. The van der Waals surface area contributed by atoms with Gasteiger partial charge in [0.2, 0.25) is 29.5 Å². The van der Waals surface area contributed by atoms with Gasteiger partial charge in [0.15, 0.2) is 12.0 Å². The van der Waals surface area contributed by atoms with Crippen molar-refractivity contribution in [2.45, 2.75) is 70.1 Å². The number of aliphatic carboxylic acids is 2. The van der Waals surface area contributed by atoms with Crippen molar-refractivity contribution in [1.82, 2.24) is 31.6 Å². The van der Waals surface area contributed by atoms with Crippen LogP contribution < -0.4 is 37.6 Å². The van der Waals surface area contributed by atoms with Crippen molar-refractivity contribution in [3.8, 4) is 0 Å². The number of carboxylic acids is 2. The monoisotopic (exact) mass is 894 g/mol. The number of benzene rings is 1. The lowest BCUT2D eigenvalue weighted by molar-refractivity contribution is -0.139. The van der Waals surface area contributed by atoms with E-state index in [2.05, 4.69) is 41.9 Å². The number of thioether (sulfide) groups is 1. The number of carbonyl (C=O) groups excluding carboxylic acids is 5. The summed E-state index contributed by atoms with van der Waals surface area (Å²) in [5.41, 5.74) is 6.36. The lowest BCUT2D eigenvalue weighted by atomic mass is 9.97. The molecule has 0 spiro atoms. The van der Waals surface area contributed by atoms with Crippen molar-refractivity contribution in [2.24, 2.45) is 16.6 Å². The molecular weight excluding hydrogens is 841 g/mol. The largest absolute Gasteiger partial charge is 0.481 e. The third-order valence-corrected chi connectivity index (χ3v) is 11.2. The Kier molecular flexibility index (Phi) is 21.3. The van der Waals surface area contributed by atoms with Crippen molar-refractivity contribution in [3.05, 3.63) is 23.2 Å². The molecule has 24 heteroatoms. The topological polar surface area (TPSA) is 335 Å². The van der Waals surface area contributed by atoms with Crippen LogP contribution in [0.5, 0.6) is 0 Å². The molecule has 1 aromatic heterocycles. The zero-order valence-electron chi connectivity index (χ0n) is 34.1. The van der Waals surface area contributed by atoms with Gasteiger partial charge in [-0.2, -0.15) is 0 Å². The number of ether oxygens (including phenoxy) is 3. The molecule has 0 fully saturated rings. The SMILES string of the molecule is CC[C@H](C)[C@H](NC(=O)COCCOCCOC)C(=O)N[C@@H](CCC(=O)O)C(=O)NCC(=O)N[C@@H](CCCNC(=N)N)C(=O)Nc1ccc2nc(C3=N[C@@H](C(=O)O)CS3)sc2c1. The Labute approximate surface area is 359 Å². The Morgan fingerprint density at radius 1 is 0.934 bits per heavy atom. The van der Waals surface area contributed by atoms with Gasteiger partial charge in [0.05, 0.1) is 43.2 Å². The van der Waals surface area contributed by atoms with Gasteiger partial charge >= 0.3 is 11.9 Å². The molecule has 2 heterocycles. The third-order valence-electron chi connectivity index (χ3n) is 8.96. The van der Waals surface area contributed by atoms with Crippen LogP contribution in [0.1, 0.15) is 51.0 Å². The molecule has 1 aromatic carbocycles. The Bertz CT molecular complexity index is 1900. The second-order valence-corrected chi connectivity index (χ2v) is 15.7. The number of aromatic nitrogens is 1. The van der Waals surface area contributed by atoms with Gasteiger partial charge in [-0.15, -0.1) is 23.1 Å². The molecule has 1 aliphatic rings.